The highest BCUT2D eigenvalue weighted by Gasteiger charge is 2.23. The van der Waals surface area contributed by atoms with E-state index in [-0.39, 0.29) is 0 Å². The molecule has 1 aliphatic rings. The highest BCUT2D eigenvalue weighted by Crippen LogP contribution is 2.24. The number of aliphatic imine (C=N–C) groups is 1. The Morgan fingerprint density at radius 2 is 2.05 bits per heavy atom. The van der Waals surface area contributed by atoms with Crippen molar-refractivity contribution in [2.75, 3.05) is 0 Å². The minimum absolute atomic E-state index is 0.327. The SMILES string of the molecule is O=C1OC(c2ccccc2)=N/C1=C\c1cc(Br)cs1. The molecule has 0 spiro atoms. The zero-order valence-corrected chi connectivity index (χ0v) is 12.1. The van der Waals surface area contributed by atoms with Crippen molar-refractivity contribution in [3.63, 3.8) is 0 Å². The first-order valence-electron chi connectivity index (χ1n) is 5.54. The van der Waals surface area contributed by atoms with E-state index in [0.29, 0.717) is 11.6 Å². The molecule has 0 atom stereocenters. The Morgan fingerprint density at radius 3 is 2.74 bits per heavy atom. The highest BCUT2D eigenvalue weighted by molar-refractivity contribution is 9.10. The summed E-state index contributed by atoms with van der Waals surface area (Å²) >= 11 is 4.91. The van der Waals surface area contributed by atoms with Crippen molar-refractivity contribution >= 4 is 45.2 Å². The predicted molar refractivity (Wildman–Crippen MR) is 79.1 cm³/mol. The van der Waals surface area contributed by atoms with Gasteiger partial charge >= 0.3 is 5.97 Å². The molecule has 2 heterocycles. The number of nitrogens with zero attached hydrogens (tertiary/aromatic N) is 1. The van der Waals surface area contributed by atoms with Crippen LogP contribution in [0.3, 0.4) is 0 Å². The van der Waals surface area contributed by atoms with E-state index in [9.17, 15) is 4.79 Å². The summed E-state index contributed by atoms with van der Waals surface area (Å²) in [5, 5.41) is 1.95. The third-order valence-electron chi connectivity index (χ3n) is 2.51. The van der Waals surface area contributed by atoms with E-state index in [1.54, 1.807) is 6.08 Å². The van der Waals surface area contributed by atoms with Crippen molar-refractivity contribution in [3.8, 4) is 0 Å². The second kappa shape index (κ2) is 5.11. The summed E-state index contributed by atoms with van der Waals surface area (Å²) in [5.74, 6) is -0.0594. The first-order chi connectivity index (χ1) is 9.22. The van der Waals surface area contributed by atoms with Gasteiger partial charge in [-0.3, -0.25) is 0 Å². The maximum absolute atomic E-state index is 11.8. The molecule has 1 aromatic heterocycles. The summed E-state index contributed by atoms with van der Waals surface area (Å²) in [4.78, 5) is 17.0. The van der Waals surface area contributed by atoms with Crippen molar-refractivity contribution in [2.45, 2.75) is 0 Å². The molecule has 94 valence electrons. The third kappa shape index (κ3) is 2.67. The van der Waals surface area contributed by atoms with Crippen molar-refractivity contribution in [2.24, 2.45) is 4.99 Å². The van der Waals surface area contributed by atoms with Crippen molar-refractivity contribution in [3.05, 3.63) is 62.4 Å². The highest BCUT2D eigenvalue weighted by atomic mass is 79.9. The summed E-state index contributed by atoms with van der Waals surface area (Å²) in [5.41, 5.74) is 1.12. The number of rotatable bonds is 2. The molecule has 0 radical (unpaired) electrons. The van der Waals surface area contributed by atoms with Crippen LogP contribution in [0.2, 0.25) is 0 Å². The predicted octanol–water partition coefficient (Wildman–Crippen LogP) is 3.86. The van der Waals surface area contributed by atoms with E-state index < -0.39 is 5.97 Å². The third-order valence-corrected chi connectivity index (χ3v) is 4.15. The van der Waals surface area contributed by atoms with Crippen LogP contribution in [-0.2, 0) is 9.53 Å². The Kier molecular flexibility index (Phi) is 3.31. The number of thiophene rings is 1. The van der Waals surface area contributed by atoms with E-state index >= 15 is 0 Å². The molecule has 1 aromatic carbocycles. The lowest BCUT2D eigenvalue weighted by Crippen LogP contribution is -2.04. The van der Waals surface area contributed by atoms with Gasteiger partial charge in [0.2, 0.25) is 5.90 Å². The number of carbonyl (C=O) groups is 1. The molecular formula is C14H8BrNO2S. The molecule has 3 rings (SSSR count). The Bertz CT molecular complexity index is 688. The fourth-order valence-corrected chi connectivity index (χ4v) is 3.02. The largest absolute Gasteiger partial charge is 0.402 e. The van der Waals surface area contributed by atoms with Gasteiger partial charge in [-0.05, 0) is 40.2 Å². The van der Waals surface area contributed by atoms with Crippen LogP contribution in [0.4, 0.5) is 0 Å². The second-order valence-electron chi connectivity index (χ2n) is 3.87. The van der Waals surface area contributed by atoms with E-state index in [0.717, 1.165) is 14.9 Å². The lowest BCUT2D eigenvalue weighted by atomic mass is 10.2. The monoisotopic (exact) mass is 333 g/mol. The fourth-order valence-electron chi connectivity index (χ4n) is 1.65. The molecule has 0 aliphatic carbocycles. The van der Waals surface area contributed by atoms with Gasteiger partial charge in [0.15, 0.2) is 5.70 Å². The number of halogens is 1. The van der Waals surface area contributed by atoms with E-state index in [2.05, 4.69) is 20.9 Å². The summed E-state index contributed by atoms with van der Waals surface area (Å²) in [6.07, 6.45) is 1.73. The maximum Gasteiger partial charge on any atom is 0.363 e. The van der Waals surface area contributed by atoms with Gasteiger partial charge in [0, 0.05) is 20.3 Å². The van der Waals surface area contributed by atoms with Gasteiger partial charge in [-0.15, -0.1) is 11.3 Å². The average molecular weight is 334 g/mol. The number of benzene rings is 1. The van der Waals surface area contributed by atoms with Crippen LogP contribution in [0.15, 0.2) is 56.9 Å². The first kappa shape index (κ1) is 12.3. The fraction of sp³-hybridized carbons (Fsp3) is 0. The average Bonchev–Trinajstić information content (AvgIpc) is 2.98. The van der Waals surface area contributed by atoms with Crippen molar-refractivity contribution < 1.29 is 9.53 Å². The van der Waals surface area contributed by atoms with Crippen LogP contribution in [-0.4, -0.2) is 11.9 Å². The smallest absolute Gasteiger partial charge is 0.363 e. The standard InChI is InChI=1S/C14H8BrNO2S/c15-10-6-11(19-8-10)7-12-14(17)18-13(16-12)9-4-2-1-3-5-9/h1-8H/b12-7-. The van der Waals surface area contributed by atoms with Crippen LogP contribution < -0.4 is 0 Å². The maximum atomic E-state index is 11.8. The number of hydrogen-bond donors (Lipinski definition) is 0. The molecule has 1 aliphatic heterocycles. The zero-order valence-electron chi connectivity index (χ0n) is 9.67. The van der Waals surface area contributed by atoms with E-state index in [4.69, 9.17) is 4.74 Å². The molecule has 19 heavy (non-hydrogen) atoms. The molecule has 0 fully saturated rings. The number of esters is 1. The van der Waals surface area contributed by atoms with Gasteiger partial charge < -0.3 is 4.74 Å². The molecule has 0 saturated carbocycles. The minimum Gasteiger partial charge on any atom is -0.402 e. The molecule has 2 aromatic rings. The van der Waals surface area contributed by atoms with Gasteiger partial charge in [-0.1, -0.05) is 18.2 Å². The van der Waals surface area contributed by atoms with Crippen molar-refractivity contribution in [1.82, 2.24) is 0 Å². The minimum atomic E-state index is -0.414. The quantitative estimate of drug-likeness (QED) is 0.618. The van der Waals surface area contributed by atoms with Crippen molar-refractivity contribution in [1.29, 1.82) is 0 Å². The molecule has 3 nitrogen and oxygen atoms in total. The Morgan fingerprint density at radius 1 is 1.26 bits per heavy atom. The topological polar surface area (TPSA) is 38.7 Å². The lowest BCUT2D eigenvalue weighted by molar-refractivity contribution is -0.129. The van der Waals surface area contributed by atoms with Gasteiger partial charge in [-0.25, -0.2) is 9.79 Å². The Hall–Kier alpha value is -1.72. The molecule has 5 heteroatoms. The second-order valence-corrected chi connectivity index (χ2v) is 5.73. The number of ether oxygens (including phenoxy) is 1. The number of cyclic esters (lactones) is 1. The van der Waals surface area contributed by atoms with Gasteiger partial charge in [0.05, 0.1) is 0 Å². The Labute approximate surface area is 122 Å². The normalized spacial score (nSPS) is 16.6. The molecule has 0 N–H and O–H groups in total. The van der Waals surface area contributed by atoms with E-state index in [1.807, 2.05) is 41.8 Å². The zero-order chi connectivity index (χ0) is 13.2. The Balaban J connectivity index is 1.94. The molecule has 0 amide bonds. The summed E-state index contributed by atoms with van der Waals surface area (Å²) < 4.78 is 6.16. The summed E-state index contributed by atoms with van der Waals surface area (Å²) in [6.45, 7) is 0. The lowest BCUT2D eigenvalue weighted by Gasteiger charge is -1.97. The van der Waals surface area contributed by atoms with E-state index in [1.165, 1.54) is 11.3 Å². The number of hydrogen-bond acceptors (Lipinski definition) is 4. The van der Waals surface area contributed by atoms with Crippen LogP contribution in [0.5, 0.6) is 0 Å². The van der Waals surface area contributed by atoms with Gasteiger partial charge in [-0.2, -0.15) is 0 Å². The van der Waals surface area contributed by atoms with Gasteiger partial charge in [0.25, 0.3) is 0 Å². The van der Waals surface area contributed by atoms with Gasteiger partial charge in [0.1, 0.15) is 0 Å². The van der Waals surface area contributed by atoms with Crippen LogP contribution >= 0.6 is 27.3 Å². The summed E-state index contributed by atoms with van der Waals surface area (Å²) in [6, 6.07) is 11.3. The van der Waals surface area contributed by atoms with Crippen LogP contribution in [0.1, 0.15) is 10.4 Å². The van der Waals surface area contributed by atoms with Crippen LogP contribution in [0.25, 0.3) is 6.08 Å². The summed E-state index contributed by atoms with van der Waals surface area (Å²) in [7, 11) is 0. The molecule has 0 saturated heterocycles. The molecule has 0 unspecified atom stereocenters. The molecule has 0 bridgehead atoms. The first-order valence-corrected chi connectivity index (χ1v) is 7.22. The van der Waals surface area contributed by atoms with Crippen LogP contribution in [0, 0.1) is 0 Å². The number of carbonyl (C=O) groups excluding carboxylic acids is 1. The molecular weight excluding hydrogens is 326 g/mol.